The predicted molar refractivity (Wildman–Crippen MR) is 194 cm³/mol. The minimum absolute atomic E-state index is 0.117. The van der Waals surface area contributed by atoms with Gasteiger partial charge in [-0.1, -0.05) is 15.3 Å². The van der Waals surface area contributed by atoms with E-state index in [0.29, 0.717) is 25.3 Å². The van der Waals surface area contributed by atoms with Gasteiger partial charge in [-0.15, -0.1) is 0 Å². The number of likely N-dealkylation sites (N-methyl/N-ethyl adjacent to an activating group) is 3. The predicted octanol–water partition coefficient (Wildman–Crippen LogP) is 0.0615. The Bertz CT molecular complexity index is 1150. The van der Waals surface area contributed by atoms with Gasteiger partial charge in [0.1, 0.15) is 12.6 Å². The summed E-state index contributed by atoms with van der Waals surface area (Å²) in [6.45, 7) is 12.5. The van der Waals surface area contributed by atoms with E-state index in [-0.39, 0.29) is 12.6 Å². The molecule has 0 saturated carbocycles. The zero-order valence-electron chi connectivity index (χ0n) is 32.0. The molecule has 0 aromatic carbocycles. The summed E-state index contributed by atoms with van der Waals surface area (Å²) >= 11 is 0. The Hall–Kier alpha value is -2.59. The van der Waals surface area contributed by atoms with E-state index in [1.165, 1.54) is 0 Å². The summed E-state index contributed by atoms with van der Waals surface area (Å²) in [6.07, 6.45) is 0.223. The Morgan fingerprint density at radius 3 is 1.64 bits per heavy atom. The molecular formula is C28H62N22. The van der Waals surface area contributed by atoms with Gasteiger partial charge in [-0.05, 0) is 87.1 Å². The molecule has 0 bridgehead atoms. The van der Waals surface area contributed by atoms with E-state index in [4.69, 9.17) is 16.6 Å². The normalized spacial score (nSPS) is 30.1. The lowest BCUT2D eigenvalue weighted by Crippen LogP contribution is -2.70. The van der Waals surface area contributed by atoms with Gasteiger partial charge in [0, 0.05) is 53.5 Å². The minimum atomic E-state index is -0.251. The molecule has 0 amide bonds. The van der Waals surface area contributed by atoms with E-state index in [1.807, 2.05) is 19.0 Å². The molecule has 0 aliphatic carbocycles. The molecule has 0 aromatic heterocycles. The fourth-order valence-corrected chi connectivity index (χ4v) is 7.81. The minimum Gasteiger partial charge on any atom is -0.292 e. The van der Waals surface area contributed by atoms with Gasteiger partial charge in [0.05, 0.1) is 66.2 Å². The molecule has 5 aliphatic heterocycles. The molecule has 5 aliphatic rings. The van der Waals surface area contributed by atoms with Gasteiger partial charge in [0.2, 0.25) is 0 Å². The molecule has 0 N–H and O–H groups in total. The Labute approximate surface area is 298 Å². The second kappa shape index (κ2) is 20.4. The van der Waals surface area contributed by atoms with E-state index < -0.39 is 0 Å². The van der Waals surface area contributed by atoms with Crippen LogP contribution >= 0.6 is 0 Å². The molecule has 4 unspecified atom stereocenters. The van der Waals surface area contributed by atoms with Crippen LogP contribution in [0.1, 0.15) is 0 Å². The highest BCUT2D eigenvalue weighted by atomic mass is 15.7. The fraction of sp³-hybridized carbons (Fsp3) is 1.00. The topological polar surface area (TPSA) is 188 Å². The molecule has 0 spiro atoms. The molecule has 0 aromatic rings. The third kappa shape index (κ3) is 12.0. The average Bonchev–Trinajstić information content (AvgIpc) is 3.58. The van der Waals surface area contributed by atoms with Crippen LogP contribution in [0.2, 0.25) is 0 Å². The van der Waals surface area contributed by atoms with Crippen LogP contribution in [0.3, 0.4) is 0 Å². The van der Waals surface area contributed by atoms with Crippen LogP contribution < -0.4 is 0 Å². The first-order valence-electron chi connectivity index (χ1n) is 17.0. The van der Waals surface area contributed by atoms with Crippen molar-refractivity contribution in [2.45, 2.75) is 24.8 Å². The zero-order chi connectivity index (χ0) is 37.0. The number of nitrogens with zero attached hydrogens (tertiary/aromatic N) is 22. The summed E-state index contributed by atoms with van der Waals surface area (Å²) < 4.78 is 0. The van der Waals surface area contributed by atoms with E-state index in [0.717, 1.165) is 79.7 Å². The van der Waals surface area contributed by atoms with Crippen molar-refractivity contribution in [3.63, 3.8) is 0 Å². The molecular weight excluding hydrogens is 644 g/mol. The Morgan fingerprint density at radius 2 is 1.10 bits per heavy atom. The molecule has 5 saturated heterocycles. The Kier molecular flexibility index (Phi) is 17.1. The van der Waals surface area contributed by atoms with Crippen LogP contribution in [0, 0.1) is 0 Å². The van der Waals surface area contributed by atoms with Crippen molar-refractivity contribution in [1.82, 2.24) is 63.7 Å². The quantitative estimate of drug-likeness (QED) is 0.187. The third-order valence-corrected chi connectivity index (χ3v) is 9.42. The van der Waals surface area contributed by atoms with Crippen LogP contribution in [-0.4, -0.2) is 252 Å². The molecule has 4 atom stereocenters. The monoisotopic (exact) mass is 707 g/mol. The third-order valence-electron chi connectivity index (χ3n) is 9.42. The Balaban J connectivity index is 0.000000208. The summed E-state index contributed by atoms with van der Waals surface area (Å²) in [4.78, 5) is 38.0. The highest BCUT2D eigenvalue weighted by Crippen LogP contribution is 2.24. The van der Waals surface area contributed by atoms with Crippen molar-refractivity contribution in [2.24, 2.45) is 15.3 Å². The second-order valence-electron chi connectivity index (χ2n) is 14.5. The second-order valence-corrected chi connectivity index (χ2v) is 14.5. The lowest BCUT2D eigenvalue weighted by molar-refractivity contribution is -0.190. The van der Waals surface area contributed by atoms with Crippen molar-refractivity contribution >= 4 is 0 Å². The largest absolute Gasteiger partial charge is 0.292 e. The van der Waals surface area contributed by atoms with Crippen molar-refractivity contribution < 1.29 is 0 Å². The van der Waals surface area contributed by atoms with E-state index in [2.05, 4.69) is 145 Å². The molecule has 5 rings (SSSR count). The standard InChI is InChI=1S/C11H25N9.C10H21N7.C7H16N6/c1-15-6-16(2)8-20(7-15)11-18(4)9-17(3)10(13-14-12)19(11)5;1-14-4-5-17(7-14)10-9(6-12-13-11)15(2)8-16(10)3;1-11-5-12(2)7-13(6-11)4-3-9-10-8/h10-11H,6-9H2,1-5H3;9-10H,4-8H2,1-3H3;3-7H2,1-2H3. The van der Waals surface area contributed by atoms with Gasteiger partial charge in [-0.25, -0.2) is 4.90 Å². The molecule has 5 fully saturated rings. The lowest BCUT2D eigenvalue weighted by atomic mass is 10.2. The SMILES string of the molecule is CN1CCN(C2C(CN=[N+]=[N-])N(C)CN2C)C1.CN1CN(C)CN(C2N(C)CN(C)C(N=[N+]=[N-])N2C)C1.CN1CN(C)CN(CCN=[N+]=[N-])C1. The summed E-state index contributed by atoms with van der Waals surface area (Å²) in [6, 6.07) is 0.294. The molecule has 22 heteroatoms. The lowest BCUT2D eigenvalue weighted by Gasteiger charge is -2.54. The van der Waals surface area contributed by atoms with Crippen molar-refractivity contribution in [2.75, 3.05) is 163 Å². The van der Waals surface area contributed by atoms with Crippen LogP contribution in [0.25, 0.3) is 31.3 Å². The number of azide groups is 3. The van der Waals surface area contributed by atoms with Crippen molar-refractivity contribution in [3.05, 3.63) is 31.3 Å². The summed E-state index contributed by atoms with van der Waals surface area (Å²) in [5.74, 6) is 0. The summed E-state index contributed by atoms with van der Waals surface area (Å²) in [5, 5.41) is 11.2. The average molecular weight is 707 g/mol. The van der Waals surface area contributed by atoms with Gasteiger partial charge in [0.25, 0.3) is 0 Å². The first kappa shape index (κ1) is 41.8. The van der Waals surface area contributed by atoms with Crippen LogP contribution in [0.5, 0.6) is 0 Å². The first-order valence-corrected chi connectivity index (χ1v) is 17.0. The highest BCUT2D eigenvalue weighted by Gasteiger charge is 2.41. The van der Waals surface area contributed by atoms with Crippen LogP contribution in [-0.2, 0) is 0 Å². The smallest absolute Gasteiger partial charge is 0.146 e. The maximum atomic E-state index is 8.76. The number of hydrogen-bond donors (Lipinski definition) is 0. The van der Waals surface area contributed by atoms with Crippen molar-refractivity contribution in [3.8, 4) is 0 Å². The fourth-order valence-electron chi connectivity index (χ4n) is 7.81. The maximum Gasteiger partial charge on any atom is 0.146 e. The maximum absolute atomic E-state index is 8.76. The van der Waals surface area contributed by atoms with Gasteiger partial charge < -0.3 is 0 Å². The van der Waals surface area contributed by atoms with E-state index >= 15 is 0 Å². The Morgan fingerprint density at radius 1 is 0.540 bits per heavy atom. The molecule has 50 heavy (non-hydrogen) atoms. The van der Waals surface area contributed by atoms with Crippen LogP contribution in [0.15, 0.2) is 15.3 Å². The molecule has 284 valence electrons. The van der Waals surface area contributed by atoms with Gasteiger partial charge in [0.15, 0.2) is 0 Å². The van der Waals surface area contributed by atoms with E-state index in [1.54, 1.807) is 0 Å². The summed E-state index contributed by atoms with van der Waals surface area (Å²) in [5.41, 5.74) is 25.4. The van der Waals surface area contributed by atoms with E-state index in [9.17, 15) is 0 Å². The molecule has 22 nitrogen and oxygen atoms in total. The first-order chi connectivity index (χ1) is 23.8. The summed E-state index contributed by atoms with van der Waals surface area (Å²) in [7, 11) is 20.8. The molecule has 0 radical (unpaired) electrons. The number of hydrogen-bond acceptors (Lipinski definition) is 16. The van der Waals surface area contributed by atoms with Gasteiger partial charge in [-0.2, -0.15) is 0 Å². The number of rotatable bonds is 8. The highest BCUT2D eigenvalue weighted by molar-refractivity contribution is 4.93. The van der Waals surface area contributed by atoms with Gasteiger partial charge in [-0.3, -0.25) is 58.8 Å². The van der Waals surface area contributed by atoms with Crippen LogP contribution in [0.4, 0.5) is 0 Å². The van der Waals surface area contributed by atoms with Gasteiger partial charge >= 0.3 is 0 Å². The zero-order valence-corrected chi connectivity index (χ0v) is 32.0. The van der Waals surface area contributed by atoms with Crippen molar-refractivity contribution in [1.29, 1.82) is 0 Å². The molecule has 5 heterocycles.